The summed E-state index contributed by atoms with van der Waals surface area (Å²) in [4.78, 5) is 19.5. The minimum Gasteiger partial charge on any atom is -0.369 e. The van der Waals surface area contributed by atoms with Gasteiger partial charge in [0.25, 0.3) is 5.56 Å². The molecule has 0 fully saturated rings. The second-order valence-electron chi connectivity index (χ2n) is 7.13. The lowest BCUT2D eigenvalue weighted by Gasteiger charge is -2.10. The van der Waals surface area contributed by atoms with E-state index in [1.807, 2.05) is 48.5 Å². The van der Waals surface area contributed by atoms with Crippen LogP contribution in [0.2, 0.25) is 0 Å². The van der Waals surface area contributed by atoms with Gasteiger partial charge in [-0.25, -0.2) is 4.98 Å². The van der Waals surface area contributed by atoms with E-state index in [-0.39, 0.29) is 11.5 Å². The Bertz CT molecular complexity index is 1180. The zero-order valence-corrected chi connectivity index (χ0v) is 16.7. The van der Waals surface area contributed by atoms with Gasteiger partial charge in [0.1, 0.15) is 0 Å². The molecule has 2 heterocycles. The van der Waals surface area contributed by atoms with Crippen molar-refractivity contribution in [3.8, 4) is 22.5 Å². The molecule has 8 heteroatoms. The van der Waals surface area contributed by atoms with Crippen LogP contribution in [-0.2, 0) is 12.8 Å². The van der Waals surface area contributed by atoms with Crippen molar-refractivity contribution in [2.75, 3.05) is 5.73 Å². The summed E-state index contributed by atoms with van der Waals surface area (Å²) in [5.74, 6) is 0.720. The molecule has 0 saturated heterocycles. The zero-order chi connectivity index (χ0) is 20.9. The zero-order valence-electron chi connectivity index (χ0n) is 16.7. The van der Waals surface area contributed by atoms with E-state index in [2.05, 4.69) is 37.5 Å². The fourth-order valence-corrected chi connectivity index (χ4v) is 3.51. The molecule has 8 nitrogen and oxygen atoms in total. The second-order valence-corrected chi connectivity index (χ2v) is 7.13. The fourth-order valence-electron chi connectivity index (χ4n) is 3.51. The number of tetrazole rings is 1. The average Bonchev–Trinajstić information content (AvgIpc) is 3.30. The molecule has 4 N–H and O–H groups in total. The van der Waals surface area contributed by atoms with Crippen molar-refractivity contribution in [3.63, 3.8) is 0 Å². The Kier molecular flexibility index (Phi) is 5.65. The first kappa shape index (κ1) is 19.5. The molecule has 0 spiro atoms. The molecule has 2 aromatic carbocycles. The third-order valence-electron chi connectivity index (χ3n) is 5.05. The van der Waals surface area contributed by atoms with E-state index in [9.17, 15) is 4.79 Å². The molecule has 0 saturated carbocycles. The van der Waals surface area contributed by atoms with Gasteiger partial charge in [-0.3, -0.25) is 9.78 Å². The Balaban J connectivity index is 1.63. The van der Waals surface area contributed by atoms with Crippen LogP contribution in [0, 0.1) is 0 Å². The molecular formula is C22H23N7O. The number of H-pyrrole nitrogens is 2. The van der Waals surface area contributed by atoms with Crippen molar-refractivity contribution in [1.82, 2.24) is 30.6 Å². The molecule has 0 bridgehead atoms. The number of hydrogen-bond donors (Lipinski definition) is 3. The SMILES string of the molecule is CCCCc1nc(N)[nH]c(=O)c1Cc1ccc(-c2ccccc2-c2nn[nH]n2)cc1. The highest BCUT2D eigenvalue weighted by Gasteiger charge is 2.13. The molecule has 0 amide bonds. The van der Waals surface area contributed by atoms with Crippen LogP contribution in [0.3, 0.4) is 0 Å². The molecule has 0 radical (unpaired) electrons. The van der Waals surface area contributed by atoms with E-state index in [4.69, 9.17) is 5.73 Å². The van der Waals surface area contributed by atoms with Crippen LogP contribution < -0.4 is 11.3 Å². The smallest absolute Gasteiger partial charge is 0.256 e. The number of hydrogen-bond acceptors (Lipinski definition) is 6. The summed E-state index contributed by atoms with van der Waals surface area (Å²) < 4.78 is 0. The number of nitrogen functional groups attached to an aromatic ring is 1. The van der Waals surface area contributed by atoms with Crippen LogP contribution in [0.1, 0.15) is 36.6 Å². The lowest BCUT2D eigenvalue weighted by Crippen LogP contribution is -2.20. The molecule has 0 aliphatic rings. The monoisotopic (exact) mass is 401 g/mol. The molecular weight excluding hydrogens is 378 g/mol. The number of aromatic nitrogens is 6. The number of unbranched alkanes of at least 4 members (excludes halogenated alkanes) is 1. The van der Waals surface area contributed by atoms with Crippen molar-refractivity contribution >= 4 is 5.95 Å². The summed E-state index contributed by atoms with van der Waals surface area (Å²) in [7, 11) is 0. The van der Waals surface area contributed by atoms with Gasteiger partial charge in [0.15, 0.2) is 0 Å². The van der Waals surface area contributed by atoms with Crippen LogP contribution in [0.15, 0.2) is 53.3 Å². The number of aromatic amines is 2. The number of nitrogens with one attached hydrogen (secondary N) is 2. The Morgan fingerprint density at radius 1 is 1.03 bits per heavy atom. The van der Waals surface area contributed by atoms with Gasteiger partial charge in [0, 0.05) is 17.5 Å². The normalized spacial score (nSPS) is 11.0. The van der Waals surface area contributed by atoms with Crippen molar-refractivity contribution in [1.29, 1.82) is 0 Å². The van der Waals surface area contributed by atoms with Crippen molar-refractivity contribution in [2.24, 2.45) is 0 Å². The first-order valence-electron chi connectivity index (χ1n) is 9.95. The Morgan fingerprint density at radius 2 is 1.80 bits per heavy atom. The van der Waals surface area contributed by atoms with E-state index >= 15 is 0 Å². The predicted molar refractivity (Wildman–Crippen MR) is 116 cm³/mol. The summed E-state index contributed by atoms with van der Waals surface area (Å²) in [6.07, 6.45) is 3.25. The van der Waals surface area contributed by atoms with E-state index < -0.39 is 0 Å². The molecule has 4 rings (SSSR count). The molecule has 0 unspecified atom stereocenters. The number of nitrogens with two attached hydrogens (primary N) is 1. The summed E-state index contributed by atoms with van der Waals surface area (Å²) >= 11 is 0. The maximum Gasteiger partial charge on any atom is 0.256 e. The summed E-state index contributed by atoms with van der Waals surface area (Å²) in [5.41, 5.74) is 11.0. The van der Waals surface area contributed by atoms with Gasteiger partial charge in [0.05, 0.1) is 5.69 Å². The van der Waals surface area contributed by atoms with Gasteiger partial charge >= 0.3 is 0 Å². The largest absolute Gasteiger partial charge is 0.369 e. The maximum absolute atomic E-state index is 12.5. The molecule has 0 aliphatic carbocycles. The second kappa shape index (κ2) is 8.69. The highest BCUT2D eigenvalue weighted by atomic mass is 16.1. The van der Waals surface area contributed by atoms with E-state index in [1.54, 1.807) is 0 Å². The molecule has 30 heavy (non-hydrogen) atoms. The number of benzene rings is 2. The van der Waals surface area contributed by atoms with Crippen molar-refractivity contribution in [2.45, 2.75) is 32.6 Å². The van der Waals surface area contributed by atoms with Crippen LogP contribution in [0.4, 0.5) is 5.95 Å². The fraction of sp³-hybridized carbons (Fsp3) is 0.227. The summed E-state index contributed by atoms with van der Waals surface area (Å²) in [6.45, 7) is 2.11. The lowest BCUT2D eigenvalue weighted by molar-refractivity contribution is 0.762. The number of anilines is 1. The molecule has 0 aliphatic heterocycles. The quantitative estimate of drug-likeness (QED) is 0.437. The van der Waals surface area contributed by atoms with E-state index in [0.717, 1.165) is 47.2 Å². The van der Waals surface area contributed by atoms with E-state index in [1.165, 1.54) is 0 Å². The van der Waals surface area contributed by atoms with Gasteiger partial charge < -0.3 is 5.73 Å². The standard InChI is InChI=1S/C22H23N7O/c1-2-3-8-19-18(21(30)25-22(23)24-19)13-14-9-11-15(12-10-14)16-6-4-5-7-17(16)20-26-28-29-27-20/h4-7,9-12H,2-3,8,13H2,1H3,(H3,23,24,25,30)(H,26,27,28,29). The van der Waals surface area contributed by atoms with Crippen LogP contribution in [0.5, 0.6) is 0 Å². The first-order chi connectivity index (χ1) is 14.7. The Labute approximate surface area is 173 Å². The summed E-state index contributed by atoms with van der Waals surface area (Å²) in [5, 5.41) is 14.3. The van der Waals surface area contributed by atoms with Gasteiger partial charge in [-0.15, -0.1) is 10.2 Å². The highest BCUT2D eigenvalue weighted by molar-refractivity contribution is 5.80. The average molecular weight is 401 g/mol. The molecule has 152 valence electrons. The minimum atomic E-state index is -0.167. The minimum absolute atomic E-state index is 0.167. The topological polar surface area (TPSA) is 126 Å². The van der Waals surface area contributed by atoms with Crippen molar-refractivity contribution < 1.29 is 0 Å². The third-order valence-corrected chi connectivity index (χ3v) is 5.05. The van der Waals surface area contributed by atoms with Gasteiger partial charge in [0.2, 0.25) is 11.8 Å². The van der Waals surface area contributed by atoms with Gasteiger partial charge in [-0.2, -0.15) is 5.21 Å². The van der Waals surface area contributed by atoms with Crippen LogP contribution >= 0.6 is 0 Å². The number of aryl methyl sites for hydroxylation is 1. The maximum atomic E-state index is 12.5. The van der Waals surface area contributed by atoms with Crippen LogP contribution in [-0.4, -0.2) is 30.6 Å². The van der Waals surface area contributed by atoms with Crippen LogP contribution in [0.25, 0.3) is 22.5 Å². The van der Waals surface area contributed by atoms with Gasteiger partial charge in [-0.05, 0) is 34.7 Å². The first-order valence-corrected chi connectivity index (χ1v) is 9.95. The lowest BCUT2D eigenvalue weighted by atomic mass is 9.96. The molecule has 0 atom stereocenters. The van der Waals surface area contributed by atoms with Gasteiger partial charge in [-0.1, -0.05) is 61.9 Å². The molecule has 4 aromatic rings. The Morgan fingerprint density at radius 3 is 2.50 bits per heavy atom. The van der Waals surface area contributed by atoms with Crippen molar-refractivity contribution in [3.05, 3.63) is 75.7 Å². The third kappa shape index (κ3) is 4.12. The molecule has 2 aromatic heterocycles. The number of nitrogens with zero attached hydrogens (tertiary/aromatic N) is 4. The Hall–Kier alpha value is -3.81. The number of rotatable bonds is 7. The van der Waals surface area contributed by atoms with E-state index in [0.29, 0.717) is 17.8 Å². The predicted octanol–water partition coefficient (Wildman–Crippen LogP) is 3.13. The highest BCUT2D eigenvalue weighted by Crippen LogP contribution is 2.30. The summed E-state index contributed by atoms with van der Waals surface area (Å²) in [6, 6.07) is 16.1.